The van der Waals surface area contributed by atoms with Crippen molar-refractivity contribution in [3.63, 3.8) is 0 Å². The summed E-state index contributed by atoms with van der Waals surface area (Å²) in [5, 5.41) is 3.13. The molecule has 2 atom stereocenters. The van der Waals surface area contributed by atoms with E-state index >= 15 is 0 Å². The third kappa shape index (κ3) is 4.90. The zero-order valence-electron chi connectivity index (χ0n) is 11.7. The molecule has 0 radical (unpaired) electrons. The first-order valence-electron chi connectivity index (χ1n) is 6.35. The van der Waals surface area contributed by atoms with Crippen molar-refractivity contribution in [2.45, 2.75) is 59.0 Å². The Bertz CT molecular complexity index is 313. The maximum absolute atomic E-state index is 12.1. The average molecular weight is 238 g/mol. The molecule has 1 aliphatic rings. The van der Waals surface area contributed by atoms with Crippen LogP contribution in [0.2, 0.25) is 0 Å². The highest BCUT2D eigenvalue weighted by atomic mass is 16.2. The van der Waals surface area contributed by atoms with E-state index < -0.39 is 0 Å². The van der Waals surface area contributed by atoms with Crippen LogP contribution in [0.3, 0.4) is 0 Å². The molecule has 0 aromatic rings. The van der Waals surface area contributed by atoms with Gasteiger partial charge in [-0.3, -0.25) is 4.79 Å². The quantitative estimate of drug-likeness (QED) is 0.741. The van der Waals surface area contributed by atoms with E-state index in [0.29, 0.717) is 0 Å². The zero-order chi connectivity index (χ0) is 13.3. The fraction of sp³-hybridized carbons (Fsp3) is 0.786. The fourth-order valence-electron chi connectivity index (χ4n) is 2.72. The molecule has 0 aromatic heterocycles. The van der Waals surface area contributed by atoms with Gasteiger partial charge in [-0.1, -0.05) is 32.9 Å². The van der Waals surface area contributed by atoms with Crippen LogP contribution >= 0.6 is 0 Å². The van der Waals surface area contributed by atoms with Crippen molar-refractivity contribution in [2.24, 2.45) is 17.1 Å². The number of nitrogens with two attached hydrogens (primary N) is 1. The fourth-order valence-corrected chi connectivity index (χ4v) is 2.72. The van der Waals surface area contributed by atoms with E-state index in [9.17, 15) is 4.79 Å². The van der Waals surface area contributed by atoms with Crippen molar-refractivity contribution in [3.8, 4) is 0 Å². The van der Waals surface area contributed by atoms with Gasteiger partial charge >= 0.3 is 0 Å². The van der Waals surface area contributed by atoms with Crippen LogP contribution in [-0.2, 0) is 4.79 Å². The second-order valence-electron chi connectivity index (χ2n) is 7.00. The molecule has 3 nitrogen and oxygen atoms in total. The summed E-state index contributed by atoms with van der Waals surface area (Å²) in [6, 6.07) is 0.0384. The minimum absolute atomic E-state index is 0.0384. The molecule has 3 N–H and O–H groups in total. The second-order valence-corrected chi connectivity index (χ2v) is 7.00. The van der Waals surface area contributed by atoms with Gasteiger partial charge in [-0.05, 0) is 32.1 Å². The first kappa shape index (κ1) is 14.2. The molecule has 2 unspecified atom stereocenters. The normalized spacial score (nSPS) is 25.1. The van der Waals surface area contributed by atoms with Crippen molar-refractivity contribution in [1.29, 1.82) is 0 Å². The van der Waals surface area contributed by atoms with Crippen LogP contribution in [0, 0.1) is 11.3 Å². The maximum Gasteiger partial charge on any atom is 0.227 e. The van der Waals surface area contributed by atoms with Gasteiger partial charge in [0.05, 0.1) is 5.92 Å². The highest BCUT2D eigenvalue weighted by Gasteiger charge is 2.30. The predicted octanol–water partition coefficient (Wildman–Crippen LogP) is 2.22. The van der Waals surface area contributed by atoms with Crippen LogP contribution in [0.1, 0.15) is 47.5 Å². The molecule has 1 rings (SSSR count). The molecule has 0 heterocycles. The summed E-state index contributed by atoms with van der Waals surface area (Å²) in [5.74, 6) is 0.0488. The third-order valence-electron chi connectivity index (χ3n) is 2.89. The van der Waals surface area contributed by atoms with Crippen molar-refractivity contribution in [3.05, 3.63) is 12.2 Å². The van der Waals surface area contributed by atoms with Gasteiger partial charge in [-0.25, -0.2) is 0 Å². The number of nitrogens with one attached hydrogen (secondary N) is 1. The summed E-state index contributed by atoms with van der Waals surface area (Å²) in [4.78, 5) is 12.1. The second kappa shape index (κ2) is 4.81. The number of rotatable bonds is 3. The van der Waals surface area contributed by atoms with Gasteiger partial charge < -0.3 is 11.1 Å². The van der Waals surface area contributed by atoms with Gasteiger partial charge in [0.25, 0.3) is 0 Å². The van der Waals surface area contributed by atoms with Crippen LogP contribution in [0.5, 0.6) is 0 Å². The van der Waals surface area contributed by atoms with Gasteiger partial charge in [-0.15, -0.1) is 0 Å². The summed E-state index contributed by atoms with van der Waals surface area (Å²) in [5.41, 5.74) is 5.80. The Labute approximate surface area is 105 Å². The summed E-state index contributed by atoms with van der Waals surface area (Å²) in [7, 11) is 0. The van der Waals surface area contributed by atoms with E-state index in [2.05, 4.69) is 39.9 Å². The van der Waals surface area contributed by atoms with Crippen LogP contribution in [0.15, 0.2) is 12.2 Å². The van der Waals surface area contributed by atoms with Crippen molar-refractivity contribution >= 4 is 5.91 Å². The van der Waals surface area contributed by atoms with E-state index in [1.807, 2.05) is 12.2 Å². The minimum atomic E-state index is -0.171. The molecule has 98 valence electrons. The molecular weight excluding hydrogens is 212 g/mol. The lowest BCUT2D eigenvalue weighted by Crippen LogP contribution is -2.47. The topological polar surface area (TPSA) is 55.1 Å². The largest absolute Gasteiger partial charge is 0.351 e. The monoisotopic (exact) mass is 238 g/mol. The Hall–Kier alpha value is -0.830. The van der Waals surface area contributed by atoms with Gasteiger partial charge in [0.1, 0.15) is 0 Å². The minimum Gasteiger partial charge on any atom is -0.351 e. The van der Waals surface area contributed by atoms with Crippen molar-refractivity contribution < 1.29 is 4.79 Å². The number of carbonyl (C=O) groups excluding carboxylic acids is 1. The predicted molar refractivity (Wildman–Crippen MR) is 71.5 cm³/mol. The maximum atomic E-state index is 12.1. The number of carbonyl (C=O) groups is 1. The van der Waals surface area contributed by atoms with E-state index in [4.69, 9.17) is 5.73 Å². The van der Waals surface area contributed by atoms with E-state index in [-0.39, 0.29) is 28.8 Å². The van der Waals surface area contributed by atoms with Gasteiger partial charge in [0, 0.05) is 11.6 Å². The molecule has 17 heavy (non-hydrogen) atoms. The zero-order valence-corrected chi connectivity index (χ0v) is 11.7. The number of hydrogen-bond acceptors (Lipinski definition) is 2. The Morgan fingerprint density at radius 1 is 1.29 bits per heavy atom. The van der Waals surface area contributed by atoms with Crippen LogP contribution in [0.4, 0.5) is 0 Å². The number of amides is 1. The van der Waals surface area contributed by atoms with Crippen LogP contribution in [0.25, 0.3) is 0 Å². The lowest BCUT2D eigenvalue weighted by Gasteiger charge is -2.34. The van der Waals surface area contributed by atoms with E-state index in [1.54, 1.807) is 0 Å². The lowest BCUT2D eigenvalue weighted by molar-refractivity contribution is -0.125. The van der Waals surface area contributed by atoms with Crippen LogP contribution in [-0.4, -0.2) is 17.5 Å². The Kier molecular flexibility index (Phi) is 4.03. The molecule has 0 saturated heterocycles. The van der Waals surface area contributed by atoms with E-state index in [0.717, 1.165) is 12.8 Å². The summed E-state index contributed by atoms with van der Waals surface area (Å²) in [6.07, 6.45) is 5.53. The molecule has 1 aliphatic carbocycles. The average Bonchev–Trinajstić information content (AvgIpc) is 2.45. The van der Waals surface area contributed by atoms with Gasteiger partial charge in [0.15, 0.2) is 0 Å². The van der Waals surface area contributed by atoms with Crippen molar-refractivity contribution in [2.75, 3.05) is 0 Å². The Morgan fingerprint density at radius 2 is 1.88 bits per heavy atom. The summed E-state index contributed by atoms with van der Waals surface area (Å²) >= 11 is 0. The molecule has 0 fully saturated rings. The summed E-state index contributed by atoms with van der Waals surface area (Å²) in [6.45, 7) is 10.7. The Balaban J connectivity index is 2.53. The van der Waals surface area contributed by atoms with Crippen molar-refractivity contribution in [1.82, 2.24) is 5.32 Å². The molecule has 0 aromatic carbocycles. The first-order valence-corrected chi connectivity index (χ1v) is 6.35. The molecule has 0 aliphatic heterocycles. The molecule has 1 amide bonds. The molecule has 0 bridgehead atoms. The third-order valence-corrected chi connectivity index (χ3v) is 2.89. The molecule has 0 saturated carbocycles. The van der Waals surface area contributed by atoms with Crippen LogP contribution < -0.4 is 11.1 Å². The standard InChI is InChI=1S/C14H26N2O/c1-13(2,3)9-14(4,5)16-12(17)10-6-7-11(15)8-10/h6-7,10-11H,8-9,15H2,1-5H3,(H,16,17). The summed E-state index contributed by atoms with van der Waals surface area (Å²) < 4.78 is 0. The smallest absolute Gasteiger partial charge is 0.227 e. The SMILES string of the molecule is CC(C)(C)CC(C)(C)NC(=O)C1C=CC(N)C1. The first-order chi connectivity index (χ1) is 7.59. The molecule has 3 heteroatoms. The van der Waals surface area contributed by atoms with Gasteiger partial charge in [0.2, 0.25) is 5.91 Å². The molecule has 0 spiro atoms. The highest BCUT2D eigenvalue weighted by molar-refractivity contribution is 5.81. The highest BCUT2D eigenvalue weighted by Crippen LogP contribution is 2.27. The van der Waals surface area contributed by atoms with Gasteiger partial charge in [-0.2, -0.15) is 0 Å². The van der Waals surface area contributed by atoms with E-state index in [1.165, 1.54) is 0 Å². The lowest BCUT2D eigenvalue weighted by atomic mass is 9.81. The Morgan fingerprint density at radius 3 is 2.29 bits per heavy atom. The molecular formula is C14H26N2O. The number of hydrogen-bond donors (Lipinski definition) is 2.